The van der Waals surface area contributed by atoms with Gasteiger partial charge < -0.3 is 10.0 Å². The molecule has 2 nitrogen and oxygen atoms in total. The van der Waals surface area contributed by atoms with Crippen LogP contribution in [0.5, 0.6) is 0 Å². The summed E-state index contributed by atoms with van der Waals surface area (Å²) >= 11 is 2.06. The molecule has 1 aliphatic heterocycles. The third-order valence-electron chi connectivity index (χ3n) is 3.35. The van der Waals surface area contributed by atoms with Crippen LogP contribution >= 0.6 is 11.8 Å². The summed E-state index contributed by atoms with van der Waals surface area (Å²) in [5, 5.41) is 9.41. The molecule has 0 saturated carbocycles. The first-order valence-electron chi connectivity index (χ1n) is 5.88. The van der Waals surface area contributed by atoms with Gasteiger partial charge in [-0.15, -0.1) is 0 Å². The Balaban J connectivity index is 2.51. The molecule has 0 bridgehead atoms. The fraction of sp³-hybridized carbons (Fsp3) is 1.00. The van der Waals surface area contributed by atoms with Crippen LogP contribution in [0, 0.1) is 5.41 Å². The van der Waals surface area contributed by atoms with Gasteiger partial charge in [0.1, 0.15) is 0 Å². The molecule has 1 unspecified atom stereocenters. The molecule has 0 spiro atoms. The van der Waals surface area contributed by atoms with Crippen molar-refractivity contribution in [1.82, 2.24) is 4.90 Å². The second kappa shape index (κ2) is 5.07. The van der Waals surface area contributed by atoms with Crippen molar-refractivity contribution in [2.45, 2.75) is 38.9 Å². The first kappa shape index (κ1) is 13.3. The Morgan fingerprint density at radius 1 is 1.47 bits per heavy atom. The first-order chi connectivity index (χ1) is 6.91. The van der Waals surface area contributed by atoms with Crippen LogP contribution in [0.4, 0.5) is 0 Å². The molecule has 0 aromatic rings. The first-order valence-corrected chi connectivity index (χ1v) is 6.86. The van der Waals surface area contributed by atoms with Crippen molar-refractivity contribution >= 4 is 11.8 Å². The van der Waals surface area contributed by atoms with Crippen LogP contribution < -0.4 is 0 Å². The molecule has 0 aliphatic carbocycles. The number of aliphatic hydroxyl groups is 1. The van der Waals surface area contributed by atoms with E-state index in [2.05, 4.69) is 44.4 Å². The molecule has 1 rings (SSSR count). The van der Waals surface area contributed by atoms with E-state index >= 15 is 0 Å². The molecule has 0 aromatic carbocycles. The Hall–Kier alpha value is 0.270. The van der Waals surface area contributed by atoms with Gasteiger partial charge in [0.15, 0.2) is 0 Å². The summed E-state index contributed by atoms with van der Waals surface area (Å²) in [6.45, 7) is 12.6. The normalized spacial score (nSPS) is 26.2. The highest BCUT2D eigenvalue weighted by Crippen LogP contribution is 2.31. The minimum atomic E-state index is 0.0814. The third-order valence-corrected chi connectivity index (χ3v) is 4.64. The van der Waals surface area contributed by atoms with E-state index in [1.54, 1.807) is 0 Å². The van der Waals surface area contributed by atoms with E-state index in [0.717, 1.165) is 19.5 Å². The van der Waals surface area contributed by atoms with E-state index in [-0.39, 0.29) is 5.41 Å². The van der Waals surface area contributed by atoms with Gasteiger partial charge in [-0.2, -0.15) is 11.8 Å². The Kier molecular flexibility index (Phi) is 4.50. The summed E-state index contributed by atoms with van der Waals surface area (Å²) in [6.07, 6.45) is 1.05. The quantitative estimate of drug-likeness (QED) is 0.802. The molecule has 1 N–H and O–H groups in total. The molecule has 1 aliphatic rings. The zero-order chi connectivity index (χ0) is 11.5. The zero-order valence-electron chi connectivity index (χ0n) is 10.5. The highest BCUT2D eigenvalue weighted by atomic mass is 32.2. The molecule has 3 heteroatoms. The van der Waals surface area contributed by atoms with Gasteiger partial charge in [0, 0.05) is 42.2 Å². The van der Waals surface area contributed by atoms with Gasteiger partial charge in [0.25, 0.3) is 0 Å². The van der Waals surface area contributed by atoms with Gasteiger partial charge in [-0.25, -0.2) is 0 Å². The highest BCUT2D eigenvalue weighted by molar-refractivity contribution is 8.00. The average Bonchev–Trinajstić information content (AvgIpc) is 2.16. The Labute approximate surface area is 98.4 Å². The second-order valence-corrected chi connectivity index (χ2v) is 7.44. The van der Waals surface area contributed by atoms with Crippen molar-refractivity contribution < 1.29 is 5.11 Å². The number of thioether (sulfide) groups is 1. The molecule has 1 saturated heterocycles. The summed E-state index contributed by atoms with van der Waals surface area (Å²) in [6, 6.07) is 0. The van der Waals surface area contributed by atoms with Crippen LogP contribution in [0.1, 0.15) is 34.1 Å². The zero-order valence-corrected chi connectivity index (χ0v) is 11.4. The molecular formula is C12H25NOS. The van der Waals surface area contributed by atoms with Gasteiger partial charge in [-0.05, 0) is 20.3 Å². The molecule has 1 fully saturated rings. The molecule has 0 amide bonds. The van der Waals surface area contributed by atoms with E-state index < -0.39 is 0 Å². The number of hydrogen-bond acceptors (Lipinski definition) is 3. The van der Waals surface area contributed by atoms with Gasteiger partial charge in [-0.1, -0.05) is 13.8 Å². The van der Waals surface area contributed by atoms with Crippen molar-refractivity contribution in [3.63, 3.8) is 0 Å². The lowest BCUT2D eigenvalue weighted by molar-refractivity contribution is 0.0823. The third kappa shape index (κ3) is 3.97. The van der Waals surface area contributed by atoms with Gasteiger partial charge >= 0.3 is 0 Å². The summed E-state index contributed by atoms with van der Waals surface area (Å²) in [7, 11) is 0. The van der Waals surface area contributed by atoms with E-state index in [0.29, 0.717) is 11.4 Å². The lowest BCUT2D eigenvalue weighted by Gasteiger charge is -2.41. The summed E-state index contributed by atoms with van der Waals surface area (Å²) in [5.41, 5.74) is 0.0814. The van der Waals surface area contributed by atoms with Crippen molar-refractivity contribution in [1.29, 1.82) is 0 Å². The van der Waals surface area contributed by atoms with Gasteiger partial charge in [-0.3, -0.25) is 0 Å². The molecule has 90 valence electrons. The number of rotatable bonds is 4. The standard InChI is InChI=1S/C12H25NOS/c1-5-12(4,10-14)9-13-6-7-15-11(2,3)8-13/h14H,5-10H2,1-4H3. The maximum atomic E-state index is 9.41. The van der Waals surface area contributed by atoms with Crippen molar-refractivity contribution in [2.24, 2.45) is 5.41 Å². The predicted molar refractivity (Wildman–Crippen MR) is 68.5 cm³/mol. The minimum Gasteiger partial charge on any atom is -0.396 e. The Bertz CT molecular complexity index is 202. The molecule has 1 atom stereocenters. The van der Waals surface area contributed by atoms with Crippen LogP contribution in [0.25, 0.3) is 0 Å². The van der Waals surface area contributed by atoms with Crippen LogP contribution in [0.15, 0.2) is 0 Å². The number of hydrogen-bond donors (Lipinski definition) is 1. The SMILES string of the molecule is CCC(C)(CO)CN1CCSC(C)(C)C1. The second-order valence-electron chi connectivity index (χ2n) is 5.64. The van der Waals surface area contributed by atoms with E-state index in [1.165, 1.54) is 12.3 Å². The number of nitrogens with zero attached hydrogens (tertiary/aromatic N) is 1. The minimum absolute atomic E-state index is 0.0814. The monoisotopic (exact) mass is 231 g/mol. The average molecular weight is 231 g/mol. The van der Waals surface area contributed by atoms with Gasteiger partial charge in [0.2, 0.25) is 0 Å². The molecular weight excluding hydrogens is 206 g/mol. The van der Waals surface area contributed by atoms with E-state index in [4.69, 9.17) is 0 Å². The topological polar surface area (TPSA) is 23.5 Å². The van der Waals surface area contributed by atoms with Crippen LogP contribution in [-0.4, -0.2) is 46.7 Å². The fourth-order valence-corrected chi connectivity index (χ4v) is 3.24. The maximum absolute atomic E-state index is 9.41. The Morgan fingerprint density at radius 3 is 2.60 bits per heavy atom. The van der Waals surface area contributed by atoms with Crippen LogP contribution in [0.3, 0.4) is 0 Å². The van der Waals surface area contributed by atoms with E-state index in [9.17, 15) is 5.11 Å². The highest BCUT2D eigenvalue weighted by Gasteiger charge is 2.31. The largest absolute Gasteiger partial charge is 0.396 e. The van der Waals surface area contributed by atoms with Gasteiger partial charge in [0.05, 0.1) is 0 Å². The molecule has 15 heavy (non-hydrogen) atoms. The molecule has 0 radical (unpaired) electrons. The van der Waals surface area contributed by atoms with Crippen molar-refractivity contribution in [3.8, 4) is 0 Å². The summed E-state index contributed by atoms with van der Waals surface area (Å²) in [5.74, 6) is 1.22. The predicted octanol–water partition coefficient (Wildman–Crippen LogP) is 2.22. The van der Waals surface area contributed by atoms with Crippen molar-refractivity contribution in [3.05, 3.63) is 0 Å². The lowest BCUT2D eigenvalue weighted by Crippen LogP contribution is -2.48. The Morgan fingerprint density at radius 2 is 2.13 bits per heavy atom. The molecule has 0 aromatic heterocycles. The summed E-state index contributed by atoms with van der Waals surface area (Å²) in [4.78, 5) is 2.51. The smallest absolute Gasteiger partial charge is 0.0496 e. The molecule has 1 heterocycles. The summed E-state index contributed by atoms with van der Waals surface area (Å²) < 4.78 is 0.377. The lowest BCUT2D eigenvalue weighted by atomic mass is 9.87. The maximum Gasteiger partial charge on any atom is 0.0496 e. The fourth-order valence-electron chi connectivity index (χ4n) is 2.06. The van der Waals surface area contributed by atoms with Crippen LogP contribution in [-0.2, 0) is 0 Å². The number of aliphatic hydroxyl groups excluding tert-OH is 1. The van der Waals surface area contributed by atoms with Crippen LogP contribution in [0.2, 0.25) is 0 Å². The van der Waals surface area contributed by atoms with Crippen molar-refractivity contribution in [2.75, 3.05) is 32.0 Å². The van der Waals surface area contributed by atoms with E-state index in [1.807, 2.05) is 0 Å².